The fourth-order valence-corrected chi connectivity index (χ4v) is 1.80. The molecular weight excluding hydrogens is 192 g/mol. The fraction of sp³-hybridized carbons (Fsp3) is 0.182. The molecule has 0 unspecified atom stereocenters. The number of H-pyrrole nitrogens is 1. The molecule has 4 heteroatoms. The highest BCUT2D eigenvalue weighted by Crippen LogP contribution is 2.29. The molecular formula is C11H12N2O2. The van der Waals surface area contributed by atoms with Crippen molar-refractivity contribution < 1.29 is 9.90 Å². The molecule has 4 N–H and O–H groups in total. The van der Waals surface area contributed by atoms with E-state index in [4.69, 9.17) is 10.8 Å². The number of carbonyl (C=O) groups is 1. The monoisotopic (exact) mass is 204 g/mol. The third-order valence-corrected chi connectivity index (χ3v) is 2.72. The van der Waals surface area contributed by atoms with Gasteiger partial charge in [-0.3, -0.25) is 0 Å². The molecule has 1 heterocycles. The lowest BCUT2D eigenvalue weighted by atomic mass is 10.1. The highest BCUT2D eigenvalue weighted by Gasteiger charge is 2.14. The first-order valence-electron chi connectivity index (χ1n) is 4.63. The van der Waals surface area contributed by atoms with E-state index in [1.807, 2.05) is 13.8 Å². The maximum Gasteiger partial charge on any atom is 0.337 e. The van der Waals surface area contributed by atoms with Crippen molar-refractivity contribution >= 4 is 22.6 Å². The number of aromatic amines is 1. The van der Waals surface area contributed by atoms with Crippen LogP contribution in [0.25, 0.3) is 10.9 Å². The van der Waals surface area contributed by atoms with Gasteiger partial charge >= 0.3 is 5.97 Å². The van der Waals surface area contributed by atoms with Gasteiger partial charge in [-0.25, -0.2) is 4.79 Å². The molecule has 15 heavy (non-hydrogen) atoms. The van der Waals surface area contributed by atoms with Gasteiger partial charge in [0.15, 0.2) is 0 Å². The quantitative estimate of drug-likeness (QED) is 0.622. The van der Waals surface area contributed by atoms with E-state index in [-0.39, 0.29) is 5.56 Å². The van der Waals surface area contributed by atoms with Gasteiger partial charge in [-0.1, -0.05) is 0 Å². The number of carboxylic acid groups (broad SMARTS) is 1. The predicted octanol–water partition coefficient (Wildman–Crippen LogP) is 2.07. The number of nitrogens with two attached hydrogens (primary N) is 1. The average molecular weight is 204 g/mol. The van der Waals surface area contributed by atoms with Gasteiger partial charge in [0.1, 0.15) is 0 Å². The Bertz CT molecular complexity index is 555. The topological polar surface area (TPSA) is 79.1 Å². The molecule has 0 saturated carbocycles. The Morgan fingerprint density at radius 2 is 2.07 bits per heavy atom. The lowest BCUT2D eigenvalue weighted by molar-refractivity contribution is 0.0699. The number of nitrogen functional groups attached to an aromatic ring is 1. The fourth-order valence-electron chi connectivity index (χ4n) is 1.80. The van der Waals surface area contributed by atoms with Crippen molar-refractivity contribution in [1.29, 1.82) is 0 Å². The van der Waals surface area contributed by atoms with Crippen molar-refractivity contribution in [3.8, 4) is 0 Å². The molecule has 0 bridgehead atoms. The number of rotatable bonds is 1. The lowest BCUT2D eigenvalue weighted by Crippen LogP contribution is -1.98. The molecule has 0 aliphatic rings. The minimum absolute atomic E-state index is 0.260. The normalized spacial score (nSPS) is 10.8. The van der Waals surface area contributed by atoms with Crippen molar-refractivity contribution in [1.82, 2.24) is 4.98 Å². The number of aromatic carboxylic acids is 1. The van der Waals surface area contributed by atoms with Crippen LogP contribution in [0.2, 0.25) is 0 Å². The molecule has 0 amide bonds. The van der Waals surface area contributed by atoms with Crippen LogP contribution < -0.4 is 5.73 Å². The Balaban J connectivity index is 2.95. The maximum absolute atomic E-state index is 11.0. The molecule has 4 nitrogen and oxygen atoms in total. The molecule has 0 aliphatic carbocycles. The summed E-state index contributed by atoms with van der Waals surface area (Å²) >= 11 is 0. The highest BCUT2D eigenvalue weighted by molar-refractivity contribution is 6.07. The largest absolute Gasteiger partial charge is 0.478 e. The summed E-state index contributed by atoms with van der Waals surface area (Å²) in [6.45, 7) is 3.83. The summed E-state index contributed by atoms with van der Waals surface area (Å²) in [5.74, 6) is -0.943. The van der Waals surface area contributed by atoms with Crippen LogP contribution in [0.1, 0.15) is 21.6 Å². The molecule has 2 aromatic rings. The van der Waals surface area contributed by atoms with Gasteiger partial charge in [-0.2, -0.15) is 0 Å². The summed E-state index contributed by atoms with van der Waals surface area (Å²) in [7, 11) is 0. The van der Waals surface area contributed by atoms with Gasteiger partial charge in [-0.15, -0.1) is 0 Å². The molecule has 0 atom stereocenters. The molecule has 0 aliphatic heterocycles. The van der Waals surface area contributed by atoms with E-state index in [1.54, 1.807) is 6.07 Å². The molecule has 1 aromatic carbocycles. The summed E-state index contributed by atoms with van der Waals surface area (Å²) in [5.41, 5.74) is 9.26. The van der Waals surface area contributed by atoms with Gasteiger partial charge in [0.25, 0.3) is 0 Å². The number of carboxylic acids is 1. The third kappa shape index (κ3) is 1.26. The van der Waals surface area contributed by atoms with Crippen LogP contribution in [0.5, 0.6) is 0 Å². The van der Waals surface area contributed by atoms with Gasteiger partial charge in [0.2, 0.25) is 0 Å². The third-order valence-electron chi connectivity index (χ3n) is 2.72. The summed E-state index contributed by atoms with van der Waals surface area (Å²) in [6, 6.07) is 3.15. The first-order valence-corrected chi connectivity index (χ1v) is 4.63. The predicted molar refractivity (Wildman–Crippen MR) is 59.1 cm³/mol. The van der Waals surface area contributed by atoms with Crippen molar-refractivity contribution in [2.45, 2.75) is 13.8 Å². The molecule has 78 valence electrons. The van der Waals surface area contributed by atoms with Gasteiger partial charge in [0, 0.05) is 16.8 Å². The van der Waals surface area contributed by atoms with Crippen LogP contribution in [0.15, 0.2) is 12.1 Å². The minimum Gasteiger partial charge on any atom is -0.478 e. The van der Waals surface area contributed by atoms with Gasteiger partial charge in [0.05, 0.1) is 11.1 Å². The second-order valence-electron chi connectivity index (χ2n) is 3.63. The number of anilines is 1. The molecule has 2 rings (SSSR count). The molecule has 0 fully saturated rings. The van der Waals surface area contributed by atoms with E-state index < -0.39 is 5.97 Å². The van der Waals surface area contributed by atoms with Crippen LogP contribution >= 0.6 is 0 Å². The van der Waals surface area contributed by atoms with Gasteiger partial charge in [-0.05, 0) is 31.5 Å². The zero-order valence-electron chi connectivity index (χ0n) is 8.59. The lowest BCUT2D eigenvalue weighted by Gasteiger charge is -2.01. The van der Waals surface area contributed by atoms with Crippen LogP contribution in [0.4, 0.5) is 5.69 Å². The van der Waals surface area contributed by atoms with Crippen LogP contribution in [0, 0.1) is 13.8 Å². The van der Waals surface area contributed by atoms with Crippen molar-refractivity contribution in [3.63, 3.8) is 0 Å². The second kappa shape index (κ2) is 3.02. The number of benzene rings is 1. The van der Waals surface area contributed by atoms with E-state index in [0.717, 1.165) is 16.6 Å². The maximum atomic E-state index is 11.0. The number of aryl methyl sites for hydroxylation is 2. The first-order chi connectivity index (χ1) is 7.02. The Hall–Kier alpha value is -1.97. The summed E-state index contributed by atoms with van der Waals surface area (Å²) < 4.78 is 0. The molecule has 0 spiro atoms. The Morgan fingerprint density at radius 1 is 1.40 bits per heavy atom. The van der Waals surface area contributed by atoms with Crippen molar-refractivity contribution in [2.24, 2.45) is 0 Å². The Morgan fingerprint density at radius 3 is 2.67 bits per heavy atom. The van der Waals surface area contributed by atoms with E-state index >= 15 is 0 Å². The number of hydrogen-bond donors (Lipinski definition) is 3. The minimum atomic E-state index is -0.943. The average Bonchev–Trinajstić information content (AvgIpc) is 2.44. The van der Waals surface area contributed by atoms with Gasteiger partial charge < -0.3 is 15.8 Å². The van der Waals surface area contributed by atoms with E-state index in [2.05, 4.69) is 4.98 Å². The molecule has 0 radical (unpaired) electrons. The zero-order valence-corrected chi connectivity index (χ0v) is 8.59. The van der Waals surface area contributed by atoms with E-state index in [1.165, 1.54) is 6.07 Å². The standard InChI is InChI=1S/C11H12N2O2/c1-5-6(2)13-10-7(11(14)15)3-4-8(12)9(5)10/h3-4,13H,12H2,1-2H3,(H,14,15). The second-order valence-corrected chi connectivity index (χ2v) is 3.63. The number of hydrogen-bond acceptors (Lipinski definition) is 2. The van der Waals surface area contributed by atoms with E-state index in [9.17, 15) is 4.79 Å². The smallest absolute Gasteiger partial charge is 0.337 e. The van der Waals surface area contributed by atoms with E-state index in [0.29, 0.717) is 11.2 Å². The number of nitrogens with one attached hydrogen (secondary N) is 1. The van der Waals surface area contributed by atoms with Crippen LogP contribution in [-0.4, -0.2) is 16.1 Å². The highest BCUT2D eigenvalue weighted by atomic mass is 16.4. The van der Waals surface area contributed by atoms with Crippen LogP contribution in [0.3, 0.4) is 0 Å². The Labute approximate surface area is 86.7 Å². The molecule has 1 aromatic heterocycles. The number of aromatic nitrogens is 1. The number of fused-ring (bicyclic) bond motifs is 1. The molecule has 0 saturated heterocycles. The summed E-state index contributed by atoms with van der Waals surface area (Å²) in [4.78, 5) is 14.0. The van der Waals surface area contributed by atoms with Crippen LogP contribution in [-0.2, 0) is 0 Å². The SMILES string of the molecule is Cc1[nH]c2c(C(=O)O)ccc(N)c2c1C. The Kier molecular flexibility index (Phi) is 1.93. The first kappa shape index (κ1) is 9.58. The van der Waals surface area contributed by atoms with Crippen molar-refractivity contribution in [3.05, 3.63) is 29.0 Å². The summed E-state index contributed by atoms with van der Waals surface area (Å²) in [6.07, 6.45) is 0. The zero-order chi connectivity index (χ0) is 11.2. The summed E-state index contributed by atoms with van der Waals surface area (Å²) in [5, 5.41) is 9.83. The van der Waals surface area contributed by atoms with Crippen molar-refractivity contribution in [2.75, 3.05) is 5.73 Å².